The predicted molar refractivity (Wildman–Crippen MR) is 75.2 cm³/mol. The van der Waals surface area contributed by atoms with Gasteiger partial charge in [0, 0.05) is 31.9 Å². The smallest absolute Gasteiger partial charge is 0.369 e. The van der Waals surface area contributed by atoms with Crippen molar-refractivity contribution in [3.05, 3.63) is 29.8 Å². The van der Waals surface area contributed by atoms with Crippen LogP contribution in [-0.2, 0) is 0 Å². The third-order valence-electron chi connectivity index (χ3n) is 3.75. The van der Waals surface area contributed by atoms with E-state index in [-0.39, 0.29) is 13.1 Å². The van der Waals surface area contributed by atoms with Crippen molar-refractivity contribution < 1.29 is 13.2 Å². The molecule has 20 heavy (non-hydrogen) atoms. The Kier molecular flexibility index (Phi) is 4.58. The lowest BCUT2D eigenvalue weighted by molar-refractivity contribution is -0.169. The average Bonchev–Trinajstić information content (AvgIpc) is 2.64. The fourth-order valence-electron chi connectivity index (χ4n) is 2.61. The second-order valence-corrected chi connectivity index (χ2v) is 5.60. The summed E-state index contributed by atoms with van der Waals surface area (Å²) in [5.41, 5.74) is 2.04. The highest BCUT2D eigenvalue weighted by Crippen LogP contribution is 2.32. The van der Waals surface area contributed by atoms with E-state index < -0.39 is 12.1 Å². The molecule has 0 bridgehead atoms. The van der Waals surface area contributed by atoms with Crippen LogP contribution < -0.4 is 10.2 Å². The minimum Gasteiger partial charge on any atom is -0.369 e. The second kappa shape index (κ2) is 6.04. The van der Waals surface area contributed by atoms with Gasteiger partial charge in [0.25, 0.3) is 0 Å². The highest BCUT2D eigenvalue weighted by molar-refractivity contribution is 5.55. The van der Waals surface area contributed by atoms with Crippen molar-refractivity contribution in [2.75, 3.05) is 31.1 Å². The predicted octanol–water partition coefficient (Wildman–Crippen LogP) is 3.40. The SMILES string of the molecule is CC(C)c1ccccc1N1CCNCC(C(F)(F)F)C1. The highest BCUT2D eigenvalue weighted by atomic mass is 19.4. The van der Waals surface area contributed by atoms with Crippen molar-refractivity contribution >= 4 is 5.69 Å². The van der Waals surface area contributed by atoms with E-state index in [1.807, 2.05) is 29.2 Å². The maximum atomic E-state index is 13.0. The maximum absolute atomic E-state index is 13.0. The summed E-state index contributed by atoms with van der Waals surface area (Å²) < 4.78 is 39.0. The zero-order valence-electron chi connectivity index (χ0n) is 11.9. The number of rotatable bonds is 2. The Bertz CT molecular complexity index is 443. The molecule has 1 heterocycles. The number of alkyl halides is 3. The lowest BCUT2D eigenvalue weighted by Crippen LogP contribution is -2.38. The molecule has 1 aromatic carbocycles. The standard InChI is InChI=1S/C15H21F3N2/c1-11(2)13-5-3-4-6-14(13)20-8-7-19-9-12(10-20)15(16,17)18/h3-6,11-12,19H,7-10H2,1-2H3. The molecule has 2 rings (SSSR count). The Labute approximate surface area is 118 Å². The highest BCUT2D eigenvalue weighted by Gasteiger charge is 2.41. The first-order chi connectivity index (χ1) is 9.39. The number of nitrogens with zero attached hydrogens (tertiary/aromatic N) is 1. The van der Waals surface area contributed by atoms with Gasteiger partial charge in [-0.2, -0.15) is 13.2 Å². The van der Waals surface area contributed by atoms with Crippen molar-refractivity contribution in [1.82, 2.24) is 5.32 Å². The van der Waals surface area contributed by atoms with Gasteiger partial charge in [-0.1, -0.05) is 32.0 Å². The summed E-state index contributed by atoms with van der Waals surface area (Å²) in [6.45, 7) is 5.35. The molecule has 1 aliphatic rings. The van der Waals surface area contributed by atoms with Gasteiger partial charge in [0.1, 0.15) is 0 Å². The number of benzene rings is 1. The number of nitrogens with one attached hydrogen (secondary N) is 1. The Morgan fingerprint density at radius 2 is 1.95 bits per heavy atom. The number of hydrogen-bond donors (Lipinski definition) is 1. The largest absolute Gasteiger partial charge is 0.394 e. The lowest BCUT2D eigenvalue weighted by Gasteiger charge is -2.29. The van der Waals surface area contributed by atoms with E-state index in [0.717, 1.165) is 11.3 Å². The molecule has 1 aliphatic heterocycles. The van der Waals surface area contributed by atoms with Gasteiger partial charge in [-0.25, -0.2) is 0 Å². The molecule has 0 amide bonds. The van der Waals surface area contributed by atoms with E-state index in [1.165, 1.54) is 0 Å². The topological polar surface area (TPSA) is 15.3 Å². The second-order valence-electron chi connectivity index (χ2n) is 5.60. The molecule has 1 atom stereocenters. The molecule has 1 aromatic rings. The van der Waals surface area contributed by atoms with Crippen molar-refractivity contribution in [3.63, 3.8) is 0 Å². The maximum Gasteiger partial charge on any atom is 0.394 e. The molecule has 2 nitrogen and oxygen atoms in total. The molecule has 1 fully saturated rings. The van der Waals surface area contributed by atoms with Crippen LogP contribution in [0, 0.1) is 5.92 Å². The summed E-state index contributed by atoms with van der Waals surface area (Å²) in [5.74, 6) is -1.02. The van der Waals surface area contributed by atoms with E-state index in [1.54, 1.807) is 0 Å². The van der Waals surface area contributed by atoms with E-state index in [9.17, 15) is 13.2 Å². The molecule has 0 spiro atoms. The number of para-hydroxylation sites is 1. The zero-order valence-corrected chi connectivity index (χ0v) is 11.9. The van der Waals surface area contributed by atoms with Gasteiger partial charge in [0.05, 0.1) is 5.92 Å². The molecular weight excluding hydrogens is 265 g/mol. The molecule has 0 saturated carbocycles. The fraction of sp³-hybridized carbons (Fsp3) is 0.600. The molecule has 1 unspecified atom stereocenters. The molecular formula is C15H21F3N2. The summed E-state index contributed by atoms with van der Waals surface area (Å²) in [7, 11) is 0. The van der Waals surface area contributed by atoms with Gasteiger partial charge in [-0.3, -0.25) is 0 Å². The summed E-state index contributed by atoms with van der Waals surface area (Å²) in [6.07, 6.45) is -4.15. The first kappa shape index (κ1) is 15.2. The molecule has 0 aliphatic carbocycles. The minimum atomic E-state index is -4.15. The van der Waals surface area contributed by atoms with E-state index in [4.69, 9.17) is 0 Å². The molecule has 1 N–H and O–H groups in total. The first-order valence-corrected chi connectivity index (χ1v) is 7.01. The van der Waals surface area contributed by atoms with Gasteiger partial charge in [-0.15, -0.1) is 0 Å². The van der Waals surface area contributed by atoms with Crippen LogP contribution in [0.25, 0.3) is 0 Å². The summed E-state index contributed by atoms with van der Waals surface area (Å²) in [6, 6.07) is 7.76. The van der Waals surface area contributed by atoms with E-state index in [0.29, 0.717) is 19.0 Å². The third kappa shape index (κ3) is 3.45. The Balaban J connectivity index is 2.27. The summed E-state index contributed by atoms with van der Waals surface area (Å²) in [5, 5.41) is 2.89. The van der Waals surface area contributed by atoms with Crippen molar-refractivity contribution in [1.29, 1.82) is 0 Å². The van der Waals surface area contributed by atoms with Gasteiger partial charge in [0.15, 0.2) is 0 Å². The van der Waals surface area contributed by atoms with Gasteiger partial charge < -0.3 is 10.2 Å². The summed E-state index contributed by atoms with van der Waals surface area (Å²) in [4.78, 5) is 1.87. The Morgan fingerprint density at radius 1 is 1.25 bits per heavy atom. The van der Waals surface area contributed by atoms with Crippen LogP contribution in [-0.4, -0.2) is 32.4 Å². The minimum absolute atomic E-state index is 0.00381. The lowest BCUT2D eigenvalue weighted by atomic mass is 9.99. The molecule has 0 radical (unpaired) electrons. The zero-order chi connectivity index (χ0) is 14.8. The van der Waals surface area contributed by atoms with Crippen LogP contribution in [0.1, 0.15) is 25.3 Å². The fourth-order valence-corrected chi connectivity index (χ4v) is 2.61. The van der Waals surface area contributed by atoms with Crippen LogP contribution >= 0.6 is 0 Å². The van der Waals surface area contributed by atoms with Crippen LogP contribution in [0.3, 0.4) is 0 Å². The number of hydrogen-bond acceptors (Lipinski definition) is 2. The number of anilines is 1. The quantitative estimate of drug-likeness (QED) is 0.896. The molecule has 112 valence electrons. The number of halogens is 3. The van der Waals surface area contributed by atoms with Crippen molar-refractivity contribution in [3.8, 4) is 0 Å². The molecule has 5 heteroatoms. The van der Waals surface area contributed by atoms with Crippen LogP contribution in [0.5, 0.6) is 0 Å². The van der Waals surface area contributed by atoms with Gasteiger partial charge in [0.2, 0.25) is 0 Å². The van der Waals surface area contributed by atoms with Crippen LogP contribution in [0.2, 0.25) is 0 Å². The van der Waals surface area contributed by atoms with Crippen molar-refractivity contribution in [2.45, 2.75) is 25.9 Å². The monoisotopic (exact) mass is 286 g/mol. The molecule has 1 saturated heterocycles. The van der Waals surface area contributed by atoms with Gasteiger partial charge >= 0.3 is 6.18 Å². The van der Waals surface area contributed by atoms with E-state index in [2.05, 4.69) is 19.2 Å². The Hall–Kier alpha value is -1.23. The average molecular weight is 286 g/mol. The first-order valence-electron chi connectivity index (χ1n) is 7.01. The van der Waals surface area contributed by atoms with E-state index >= 15 is 0 Å². The van der Waals surface area contributed by atoms with Crippen molar-refractivity contribution in [2.24, 2.45) is 5.92 Å². The van der Waals surface area contributed by atoms with Crippen LogP contribution in [0.15, 0.2) is 24.3 Å². The normalized spacial score (nSPS) is 21.1. The van der Waals surface area contributed by atoms with Crippen LogP contribution in [0.4, 0.5) is 18.9 Å². The Morgan fingerprint density at radius 3 is 2.60 bits per heavy atom. The van der Waals surface area contributed by atoms with Gasteiger partial charge in [-0.05, 0) is 17.5 Å². The third-order valence-corrected chi connectivity index (χ3v) is 3.75. The summed E-state index contributed by atoms with van der Waals surface area (Å²) >= 11 is 0. The molecule has 0 aromatic heterocycles.